The molecule has 2 aliphatic rings. The van der Waals surface area contributed by atoms with Gasteiger partial charge in [-0.1, -0.05) is 39.3 Å². The molecule has 1 atom stereocenters. The molecule has 28 heavy (non-hydrogen) atoms. The fourth-order valence-corrected chi connectivity index (χ4v) is 4.11. The lowest BCUT2D eigenvalue weighted by Crippen LogP contribution is -2.38. The third-order valence-corrected chi connectivity index (χ3v) is 5.37. The summed E-state index contributed by atoms with van der Waals surface area (Å²) in [5.74, 6) is -1.45. The van der Waals surface area contributed by atoms with Crippen molar-refractivity contribution in [1.82, 2.24) is 5.32 Å². The molecular weight excluding hydrogens is 357 g/mol. The van der Waals surface area contributed by atoms with Crippen molar-refractivity contribution in [2.75, 3.05) is 6.61 Å². The highest BCUT2D eigenvalue weighted by molar-refractivity contribution is 6.04. The van der Waals surface area contributed by atoms with Crippen molar-refractivity contribution in [3.05, 3.63) is 58.2 Å². The quantitative estimate of drug-likeness (QED) is 0.586. The van der Waals surface area contributed by atoms with Crippen LogP contribution in [0.3, 0.4) is 0 Å². The Kier molecular flexibility index (Phi) is 5.73. The number of Topliss-reactive ketones (excluding diaryl/α,β-unsaturated/α-hetero) is 1. The number of rotatable bonds is 5. The van der Waals surface area contributed by atoms with Crippen molar-refractivity contribution in [1.29, 1.82) is 0 Å². The number of halogens is 1. The maximum atomic E-state index is 14.0. The molecule has 1 aromatic carbocycles. The number of dihydropyridines is 1. The molecule has 3 rings (SSSR count). The minimum Gasteiger partial charge on any atom is -0.462 e. The van der Waals surface area contributed by atoms with E-state index in [1.165, 1.54) is 12.1 Å². The van der Waals surface area contributed by atoms with Crippen LogP contribution in [0.1, 0.15) is 64.9 Å². The maximum absolute atomic E-state index is 14.0. The van der Waals surface area contributed by atoms with Crippen LogP contribution in [0.5, 0.6) is 0 Å². The number of allylic oxidation sites excluding steroid dienone is 3. The van der Waals surface area contributed by atoms with Gasteiger partial charge in [-0.25, -0.2) is 9.18 Å². The topological polar surface area (TPSA) is 55.4 Å². The van der Waals surface area contributed by atoms with Crippen molar-refractivity contribution in [2.24, 2.45) is 5.41 Å². The Hall–Kier alpha value is -2.43. The predicted octanol–water partition coefficient (Wildman–Crippen LogP) is 4.77. The van der Waals surface area contributed by atoms with E-state index in [1.807, 2.05) is 13.8 Å². The summed E-state index contributed by atoms with van der Waals surface area (Å²) in [7, 11) is 0. The summed E-state index contributed by atoms with van der Waals surface area (Å²) in [5.41, 5.74) is 2.91. The van der Waals surface area contributed by atoms with Gasteiger partial charge in [-0.05, 0) is 42.9 Å². The first-order valence-electron chi connectivity index (χ1n) is 9.90. The van der Waals surface area contributed by atoms with Gasteiger partial charge in [0.25, 0.3) is 0 Å². The highest BCUT2D eigenvalue weighted by atomic mass is 19.1. The second-order valence-electron chi connectivity index (χ2n) is 8.47. The van der Waals surface area contributed by atoms with Crippen LogP contribution in [-0.2, 0) is 14.3 Å². The number of ether oxygens (including phenoxy) is 1. The molecule has 5 heteroatoms. The monoisotopic (exact) mass is 385 g/mol. The molecule has 4 nitrogen and oxygen atoms in total. The number of esters is 1. The number of ketones is 1. The highest BCUT2D eigenvalue weighted by Crippen LogP contribution is 2.46. The van der Waals surface area contributed by atoms with Crippen molar-refractivity contribution in [3.8, 4) is 0 Å². The Morgan fingerprint density at radius 2 is 2.07 bits per heavy atom. The number of hydrogen-bond acceptors (Lipinski definition) is 4. The van der Waals surface area contributed by atoms with E-state index in [9.17, 15) is 14.0 Å². The van der Waals surface area contributed by atoms with Crippen molar-refractivity contribution >= 4 is 11.8 Å². The van der Waals surface area contributed by atoms with Gasteiger partial charge in [0.15, 0.2) is 5.78 Å². The SMILES string of the molecule is CCCCOC(=O)C1=C(C)NC2=C(C(=O)CC(C)(C)C2)[C@@H]1c1cccc(F)c1. The van der Waals surface area contributed by atoms with Gasteiger partial charge in [-0.2, -0.15) is 0 Å². The summed E-state index contributed by atoms with van der Waals surface area (Å²) < 4.78 is 19.5. The van der Waals surface area contributed by atoms with Crippen LogP contribution in [0.2, 0.25) is 0 Å². The number of carbonyl (C=O) groups is 2. The minimum atomic E-state index is -0.607. The zero-order chi connectivity index (χ0) is 20.5. The molecule has 0 saturated heterocycles. The number of hydrogen-bond donors (Lipinski definition) is 1. The summed E-state index contributed by atoms with van der Waals surface area (Å²) in [6.07, 6.45) is 2.79. The van der Waals surface area contributed by atoms with E-state index in [4.69, 9.17) is 4.74 Å². The van der Waals surface area contributed by atoms with E-state index < -0.39 is 17.7 Å². The highest BCUT2D eigenvalue weighted by Gasteiger charge is 2.43. The lowest BCUT2D eigenvalue weighted by molar-refractivity contribution is -0.139. The van der Waals surface area contributed by atoms with E-state index in [1.54, 1.807) is 12.1 Å². The normalized spacial score (nSPS) is 21.3. The smallest absolute Gasteiger partial charge is 0.336 e. The van der Waals surface area contributed by atoms with Gasteiger partial charge in [-0.15, -0.1) is 0 Å². The number of carbonyl (C=O) groups excluding carboxylic acids is 2. The first-order chi connectivity index (χ1) is 13.2. The van der Waals surface area contributed by atoms with Gasteiger partial charge >= 0.3 is 5.97 Å². The lowest BCUT2D eigenvalue weighted by Gasteiger charge is -2.39. The van der Waals surface area contributed by atoms with Gasteiger partial charge in [0, 0.05) is 29.3 Å². The summed E-state index contributed by atoms with van der Waals surface area (Å²) in [6.45, 7) is 8.28. The van der Waals surface area contributed by atoms with E-state index >= 15 is 0 Å². The van der Waals surface area contributed by atoms with Crippen LogP contribution in [0.25, 0.3) is 0 Å². The average molecular weight is 385 g/mol. The van der Waals surface area contributed by atoms with Crippen molar-refractivity contribution in [2.45, 2.75) is 59.3 Å². The second-order valence-corrected chi connectivity index (χ2v) is 8.47. The van der Waals surface area contributed by atoms with Gasteiger partial charge in [-0.3, -0.25) is 4.79 Å². The Bertz CT molecular complexity index is 866. The maximum Gasteiger partial charge on any atom is 0.336 e. The summed E-state index contributed by atoms with van der Waals surface area (Å²) in [5, 5.41) is 3.28. The van der Waals surface area contributed by atoms with Gasteiger partial charge in [0.1, 0.15) is 5.82 Å². The fraction of sp³-hybridized carbons (Fsp3) is 0.478. The number of nitrogens with one attached hydrogen (secondary N) is 1. The molecule has 1 aliphatic carbocycles. The van der Waals surface area contributed by atoms with Crippen LogP contribution in [0, 0.1) is 11.2 Å². The molecule has 0 aromatic heterocycles. The standard InChI is InChI=1S/C23H28FNO3/c1-5-6-10-28-22(27)19-14(2)25-17-12-23(3,4)13-18(26)21(17)20(19)15-8-7-9-16(24)11-15/h7-9,11,20,25H,5-6,10,12-13H2,1-4H3/t20-/m1/s1. The first-order valence-corrected chi connectivity index (χ1v) is 9.90. The molecule has 0 bridgehead atoms. The molecule has 1 heterocycles. The average Bonchev–Trinajstić information content (AvgIpc) is 2.59. The molecule has 0 amide bonds. The zero-order valence-electron chi connectivity index (χ0n) is 17.0. The summed E-state index contributed by atoms with van der Waals surface area (Å²) in [6, 6.07) is 6.14. The molecular formula is C23H28FNO3. The molecule has 1 aliphatic heterocycles. The Labute approximate surface area is 165 Å². The fourth-order valence-electron chi connectivity index (χ4n) is 4.11. The molecule has 150 valence electrons. The Balaban J connectivity index is 2.09. The minimum absolute atomic E-state index is 0.000584. The zero-order valence-corrected chi connectivity index (χ0v) is 17.0. The van der Waals surface area contributed by atoms with Crippen molar-refractivity contribution < 1.29 is 18.7 Å². The van der Waals surface area contributed by atoms with Crippen LogP contribution in [-0.4, -0.2) is 18.4 Å². The lowest BCUT2D eigenvalue weighted by atomic mass is 9.68. The predicted molar refractivity (Wildman–Crippen MR) is 106 cm³/mol. The largest absolute Gasteiger partial charge is 0.462 e. The number of unbranched alkanes of at least 4 members (excludes halogenated alkanes) is 1. The molecule has 0 radical (unpaired) electrons. The van der Waals surface area contributed by atoms with Crippen LogP contribution < -0.4 is 5.32 Å². The van der Waals surface area contributed by atoms with E-state index in [-0.39, 0.29) is 11.2 Å². The van der Waals surface area contributed by atoms with E-state index in [0.717, 1.165) is 18.5 Å². The van der Waals surface area contributed by atoms with E-state index in [2.05, 4.69) is 19.2 Å². The molecule has 0 saturated carbocycles. The molecule has 0 spiro atoms. The third-order valence-electron chi connectivity index (χ3n) is 5.37. The van der Waals surface area contributed by atoms with Crippen LogP contribution in [0.15, 0.2) is 46.8 Å². The van der Waals surface area contributed by atoms with Gasteiger partial charge < -0.3 is 10.1 Å². The third kappa shape index (κ3) is 4.03. The van der Waals surface area contributed by atoms with Gasteiger partial charge in [0.05, 0.1) is 12.2 Å². The summed E-state index contributed by atoms with van der Waals surface area (Å²) in [4.78, 5) is 26.0. The molecule has 0 unspecified atom stereocenters. The number of benzene rings is 1. The van der Waals surface area contributed by atoms with Crippen molar-refractivity contribution in [3.63, 3.8) is 0 Å². The van der Waals surface area contributed by atoms with Gasteiger partial charge in [0.2, 0.25) is 0 Å². The summed E-state index contributed by atoms with van der Waals surface area (Å²) >= 11 is 0. The van der Waals surface area contributed by atoms with E-state index in [0.29, 0.717) is 41.9 Å². The molecule has 1 N–H and O–H groups in total. The molecule has 1 aromatic rings. The Morgan fingerprint density at radius 1 is 1.32 bits per heavy atom. The molecule has 0 fully saturated rings. The van der Waals surface area contributed by atoms with Crippen LogP contribution in [0.4, 0.5) is 4.39 Å². The second kappa shape index (κ2) is 7.90. The van der Waals surface area contributed by atoms with Crippen LogP contribution >= 0.6 is 0 Å². The first kappa shape index (κ1) is 20.3. The Morgan fingerprint density at radius 3 is 2.75 bits per heavy atom.